The second-order valence-electron chi connectivity index (χ2n) is 4.34. The van der Waals surface area contributed by atoms with E-state index in [1.165, 1.54) is 5.56 Å². The summed E-state index contributed by atoms with van der Waals surface area (Å²) in [6.45, 7) is 4.08. The van der Waals surface area contributed by atoms with Crippen LogP contribution in [0.5, 0.6) is 0 Å². The first-order valence-electron chi connectivity index (χ1n) is 6.62. The largest absolute Gasteiger partial charge is 0.463 e. The molecule has 0 atom stereocenters. The minimum atomic E-state index is -0.194. The standard InChI is InChI=1S/C16H22O2/c1-3-18-16(17)14(2)10-6-4-7-11-15-12-8-5-9-13-15/h5,8-10,12-13H,3-4,6-7,11H2,1-2H3. The first kappa shape index (κ1) is 14.5. The van der Waals surface area contributed by atoms with Gasteiger partial charge in [0, 0.05) is 5.57 Å². The zero-order valence-corrected chi connectivity index (χ0v) is 11.3. The van der Waals surface area contributed by atoms with E-state index in [9.17, 15) is 4.79 Å². The average molecular weight is 246 g/mol. The molecule has 1 aromatic carbocycles. The maximum absolute atomic E-state index is 11.3. The van der Waals surface area contributed by atoms with Crippen molar-refractivity contribution in [1.29, 1.82) is 0 Å². The van der Waals surface area contributed by atoms with Crippen molar-refractivity contribution in [3.63, 3.8) is 0 Å². The number of ether oxygens (including phenoxy) is 1. The number of carbonyl (C=O) groups is 1. The van der Waals surface area contributed by atoms with Crippen LogP contribution in [-0.2, 0) is 16.0 Å². The van der Waals surface area contributed by atoms with Crippen molar-refractivity contribution in [2.75, 3.05) is 6.61 Å². The maximum atomic E-state index is 11.3. The predicted molar refractivity (Wildman–Crippen MR) is 74.4 cm³/mol. The monoisotopic (exact) mass is 246 g/mol. The fourth-order valence-electron chi connectivity index (χ4n) is 1.76. The van der Waals surface area contributed by atoms with Crippen molar-refractivity contribution in [1.82, 2.24) is 0 Å². The Morgan fingerprint density at radius 1 is 1.22 bits per heavy atom. The van der Waals surface area contributed by atoms with Gasteiger partial charge in [-0.2, -0.15) is 0 Å². The van der Waals surface area contributed by atoms with E-state index in [2.05, 4.69) is 24.3 Å². The molecule has 0 saturated heterocycles. The van der Waals surface area contributed by atoms with Gasteiger partial charge in [-0.15, -0.1) is 0 Å². The van der Waals surface area contributed by atoms with E-state index >= 15 is 0 Å². The van der Waals surface area contributed by atoms with Gasteiger partial charge in [0.2, 0.25) is 0 Å². The fourth-order valence-corrected chi connectivity index (χ4v) is 1.76. The number of unbranched alkanes of at least 4 members (excludes halogenated alkanes) is 2. The summed E-state index contributed by atoms with van der Waals surface area (Å²) in [4.78, 5) is 11.3. The smallest absolute Gasteiger partial charge is 0.333 e. The predicted octanol–water partition coefficient (Wildman–Crippen LogP) is 3.91. The normalized spacial score (nSPS) is 11.3. The third kappa shape index (κ3) is 5.67. The van der Waals surface area contributed by atoms with E-state index in [0.29, 0.717) is 6.61 Å². The minimum absolute atomic E-state index is 0.194. The van der Waals surface area contributed by atoms with Crippen LogP contribution in [0, 0.1) is 0 Å². The Balaban J connectivity index is 2.18. The van der Waals surface area contributed by atoms with Crippen molar-refractivity contribution >= 4 is 5.97 Å². The molecule has 0 N–H and O–H groups in total. The highest BCUT2D eigenvalue weighted by atomic mass is 16.5. The number of carbonyl (C=O) groups excluding carboxylic acids is 1. The summed E-state index contributed by atoms with van der Waals surface area (Å²) in [7, 11) is 0. The summed E-state index contributed by atoms with van der Waals surface area (Å²) in [6, 6.07) is 10.5. The van der Waals surface area contributed by atoms with Crippen molar-refractivity contribution in [3.8, 4) is 0 Å². The summed E-state index contributed by atoms with van der Waals surface area (Å²) >= 11 is 0. The van der Waals surface area contributed by atoms with Gasteiger partial charge in [-0.25, -0.2) is 4.79 Å². The van der Waals surface area contributed by atoms with Crippen LogP contribution in [0.15, 0.2) is 42.0 Å². The van der Waals surface area contributed by atoms with Crippen LogP contribution in [0.2, 0.25) is 0 Å². The number of allylic oxidation sites excluding steroid dienone is 1. The van der Waals surface area contributed by atoms with Crippen LogP contribution >= 0.6 is 0 Å². The second-order valence-corrected chi connectivity index (χ2v) is 4.34. The summed E-state index contributed by atoms with van der Waals surface area (Å²) in [5.74, 6) is -0.194. The number of aryl methyl sites for hydroxylation is 1. The number of rotatable bonds is 7. The maximum Gasteiger partial charge on any atom is 0.333 e. The van der Waals surface area contributed by atoms with Crippen LogP contribution in [-0.4, -0.2) is 12.6 Å². The van der Waals surface area contributed by atoms with Gasteiger partial charge in [-0.05, 0) is 45.1 Å². The number of esters is 1. The van der Waals surface area contributed by atoms with E-state index in [0.717, 1.165) is 31.3 Å². The van der Waals surface area contributed by atoms with Crippen molar-refractivity contribution < 1.29 is 9.53 Å². The third-order valence-corrected chi connectivity index (χ3v) is 2.81. The second kappa shape index (κ2) is 8.51. The molecule has 98 valence electrons. The number of hydrogen-bond acceptors (Lipinski definition) is 2. The number of hydrogen-bond donors (Lipinski definition) is 0. The average Bonchev–Trinajstić information content (AvgIpc) is 2.39. The summed E-state index contributed by atoms with van der Waals surface area (Å²) in [6.07, 6.45) is 6.27. The summed E-state index contributed by atoms with van der Waals surface area (Å²) < 4.78 is 4.92. The van der Waals surface area contributed by atoms with E-state index in [1.54, 1.807) is 0 Å². The Bertz CT molecular complexity index is 379. The van der Waals surface area contributed by atoms with Crippen molar-refractivity contribution in [2.45, 2.75) is 39.5 Å². The minimum Gasteiger partial charge on any atom is -0.463 e. The zero-order valence-electron chi connectivity index (χ0n) is 11.3. The van der Waals surface area contributed by atoms with E-state index < -0.39 is 0 Å². The van der Waals surface area contributed by atoms with Gasteiger partial charge < -0.3 is 4.74 Å². The lowest BCUT2D eigenvalue weighted by molar-refractivity contribution is -0.138. The molecule has 0 fully saturated rings. The van der Waals surface area contributed by atoms with Crippen LogP contribution in [0.25, 0.3) is 0 Å². The van der Waals surface area contributed by atoms with E-state index in [-0.39, 0.29) is 5.97 Å². The summed E-state index contributed by atoms with van der Waals surface area (Å²) in [5.41, 5.74) is 2.10. The van der Waals surface area contributed by atoms with Gasteiger partial charge in [0.25, 0.3) is 0 Å². The Hall–Kier alpha value is -1.57. The van der Waals surface area contributed by atoms with E-state index in [1.807, 2.05) is 26.0 Å². The molecule has 0 heterocycles. The summed E-state index contributed by atoms with van der Waals surface area (Å²) in [5, 5.41) is 0. The lowest BCUT2D eigenvalue weighted by atomic mass is 10.1. The molecule has 0 bridgehead atoms. The van der Waals surface area contributed by atoms with Crippen LogP contribution < -0.4 is 0 Å². The first-order chi connectivity index (χ1) is 8.74. The lowest BCUT2D eigenvalue weighted by Gasteiger charge is -2.02. The molecule has 0 aliphatic rings. The molecule has 0 saturated carbocycles. The molecular weight excluding hydrogens is 224 g/mol. The molecule has 0 unspecified atom stereocenters. The molecule has 0 radical (unpaired) electrons. The van der Waals surface area contributed by atoms with Crippen molar-refractivity contribution in [2.24, 2.45) is 0 Å². The van der Waals surface area contributed by atoms with Gasteiger partial charge in [0.05, 0.1) is 6.61 Å². The molecule has 0 aromatic heterocycles. The highest BCUT2D eigenvalue weighted by Gasteiger charge is 2.02. The van der Waals surface area contributed by atoms with E-state index in [4.69, 9.17) is 4.74 Å². The Labute approximate surface area is 110 Å². The first-order valence-corrected chi connectivity index (χ1v) is 6.62. The fraction of sp³-hybridized carbons (Fsp3) is 0.438. The topological polar surface area (TPSA) is 26.3 Å². The number of benzene rings is 1. The van der Waals surface area contributed by atoms with Gasteiger partial charge >= 0.3 is 5.97 Å². The molecular formula is C16H22O2. The van der Waals surface area contributed by atoms with Crippen LogP contribution in [0.1, 0.15) is 38.7 Å². The Kier molecular flexibility index (Phi) is 6.85. The molecule has 2 heteroatoms. The van der Waals surface area contributed by atoms with Gasteiger partial charge in [0.1, 0.15) is 0 Å². The van der Waals surface area contributed by atoms with Crippen LogP contribution in [0.4, 0.5) is 0 Å². The van der Waals surface area contributed by atoms with Gasteiger partial charge in [0.15, 0.2) is 0 Å². The third-order valence-electron chi connectivity index (χ3n) is 2.81. The highest BCUT2D eigenvalue weighted by Crippen LogP contribution is 2.08. The molecule has 0 aliphatic carbocycles. The Morgan fingerprint density at radius 2 is 1.94 bits per heavy atom. The molecule has 1 rings (SSSR count). The van der Waals surface area contributed by atoms with Gasteiger partial charge in [-0.3, -0.25) is 0 Å². The molecule has 2 nitrogen and oxygen atoms in total. The van der Waals surface area contributed by atoms with Gasteiger partial charge in [-0.1, -0.05) is 36.4 Å². The lowest BCUT2D eigenvalue weighted by Crippen LogP contribution is -2.04. The zero-order chi connectivity index (χ0) is 13.2. The molecule has 18 heavy (non-hydrogen) atoms. The van der Waals surface area contributed by atoms with Crippen molar-refractivity contribution in [3.05, 3.63) is 47.5 Å². The molecule has 0 spiro atoms. The molecule has 0 aliphatic heterocycles. The molecule has 1 aromatic rings. The van der Waals surface area contributed by atoms with Crippen LogP contribution in [0.3, 0.4) is 0 Å². The highest BCUT2D eigenvalue weighted by molar-refractivity contribution is 5.87. The molecule has 0 amide bonds. The Morgan fingerprint density at radius 3 is 2.61 bits per heavy atom. The quantitative estimate of drug-likeness (QED) is 0.414. The SMILES string of the molecule is CCOC(=O)C(C)=CCCCCc1ccccc1.